The van der Waals surface area contributed by atoms with Crippen molar-refractivity contribution < 1.29 is 9.53 Å². The second kappa shape index (κ2) is 5.18. The molecule has 4 nitrogen and oxygen atoms in total. The second-order valence-electron chi connectivity index (χ2n) is 6.26. The molecule has 21 heavy (non-hydrogen) atoms. The van der Waals surface area contributed by atoms with Gasteiger partial charge in [-0.15, -0.1) is 0 Å². The molecule has 4 aliphatic rings. The van der Waals surface area contributed by atoms with Crippen molar-refractivity contribution in [3.63, 3.8) is 0 Å². The maximum atomic E-state index is 12.6. The zero-order valence-corrected chi connectivity index (χ0v) is 12.7. The lowest BCUT2D eigenvalue weighted by Gasteiger charge is -2.44. The summed E-state index contributed by atoms with van der Waals surface area (Å²) in [5.41, 5.74) is 1.63. The lowest BCUT2D eigenvalue weighted by molar-refractivity contribution is 0.0619. The van der Waals surface area contributed by atoms with Gasteiger partial charge in [0.25, 0.3) is 5.91 Å². The topological polar surface area (TPSA) is 41.6 Å². The number of fused-ring (bicyclic) bond motifs is 4. The van der Waals surface area contributed by atoms with Crippen molar-refractivity contribution in [2.75, 3.05) is 26.2 Å². The Morgan fingerprint density at radius 1 is 1.33 bits per heavy atom. The van der Waals surface area contributed by atoms with Gasteiger partial charge in [-0.3, -0.25) is 4.79 Å². The number of carbonyl (C=O) groups excluding carboxylic acids is 1. The minimum Gasteiger partial charge on any atom is -0.492 e. The van der Waals surface area contributed by atoms with Crippen LogP contribution in [0.2, 0.25) is 5.02 Å². The fourth-order valence-corrected chi connectivity index (χ4v) is 4.05. The summed E-state index contributed by atoms with van der Waals surface area (Å²) in [6, 6.07) is 3.88. The van der Waals surface area contributed by atoms with Gasteiger partial charge in [-0.2, -0.15) is 0 Å². The first kappa shape index (κ1) is 13.4. The van der Waals surface area contributed by atoms with E-state index < -0.39 is 0 Å². The van der Waals surface area contributed by atoms with Crippen molar-refractivity contribution in [2.45, 2.75) is 25.3 Å². The van der Waals surface area contributed by atoms with Crippen molar-refractivity contribution in [3.8, 4) is 5.75 Å². The number of nitrogens with one attached hydrogen (secondary N) is 1. The van der Waals surface area contributed by atoms with Crippen LogP contribution in [0.25, 0.3) is 0 Å². The van der Waals surface area contributed by atoms with E-state index in [1.807, 2.05) is 6.07 Å². The summed E-state index contributed by atoms with van der Waals surface area (Å²) in [6.07, 6.45) is 3.21. The first-order valence-electron chi connectivity index (χ1n) is 7.69. The third-order valence-electron chi connectivity index (χ3n) is 4.97. The number of carbonyl (C=O) groups is 1. The molecule has 4 aliphatic heterocycles. The predicted molar refractivity (Wildman–Crippen MR) is 81.1 cm³/mol. The van der Waals surface area contributed by atoms with Gasteiger partial charge in [0.05, 0.1) is 12.2 Å². The largest absolute Gasteiger partial charge is 0.492 e. The van der Waals surface area contributed by atoms with E-state index in [1.165, 1.54) is 25.9 Å². The number of hydrogen-bond donors (Lipinski definition) is 1. The SMILES string of the molecule is O=C(N[C@H]1CN2CCC1CC2)c1cc(Cl)cc2c1OCC2. The van der Waals surface area contributed by atoms with E-state index in [0.29, 0.717) is 23.1 Å². The Labute approximate surface area is 129 Å². The maximum absolute atomic E-state index is 12.6. The van der Waals surface area contributed by atoms with E-state index in [4.69, 9.17) is 16.3 Å². The maximum Gasteiger partial charge on any atom is 0.255 e. The van der Waals surface area contributed by atoms with E-state index in [2.05, 4.69) is 10.2 Å². The van der Waals surface area contributed by atoms with Crippen LogP contribution in [-0.2, 0) is 6.42 Å². The summed E-state index contributed by atoms with van der Waals surface area (Å²) in [5, 5.41) is 3.81. The average molecular weight is 307 g/mol. The molecular weight excluding hydrogens is 288 g/mol. The van der Waals surface area contributed by atoms with Crippen LogP contribution in [0, 0.1) is 5.92 Å². The number of amides is 1. The number of benzene rings is 1. The molecule has 3 fully saturated rings. The standard InChI is InChI=1S/C16H19ClN2O2/c17-12-7-11-3-6-21-15(11)13(8-12)16(20)18-14-9-19-4-1-10(14)2-5-19/h7-8,10,14H,1-6,9H2,(H,18,20)/t14-/m0/s1. The highest BCUT2D eigenvalue weighted by Gasteiger charge is 2.35. The molecule has 5 rings (SSSR count). The molecule has 2 bridgehead atoms. The third kappa shape index (κ3) is 2.40. The monoisotopic (exact) mass is 306 g/mol. The molecule has 4 heterocycles. The molecule has 0 aliphatic carbocycles. The normalized spacial score (nSPS) is 29.9. The van der Waals surface area contributed by atoms with Crippen LogP contribution < -0.4 is 10.1 Å². The number of hydrogen-bond acceptors (Lipinski definition) is 3. The van der Waals surface area contributed by atoms with Crippen LogP contribution in [0.15, 0.2) is 12.1 Å². The van der Waals surface area contributed by atoms with E-state index in [1.54, 1.807) is 6.07 Å². The molecule has 0 radical (unpaired) electrons. The van der Waals surface area contributed by atoms with Gasteiger partial charge in [0.15, 0.2) is 0 Å². The van der Waals surface area contributed by atoms with Gasteiger partial charge in [0, 0.05) is 24.0 Å². The van der Waals surface area contributed by atoms with Crippen molar-refractivity contribution in [1.82, 2.24) is 10.2 Å². The molecule has 1 atom stereocenters. The van der Waals surface area contributed by atoms with Gasteiger partial charge >= 0.3 is 0 Å². The van der Waals surface area contributed by atoms with Crippen LogP contribution in [0.4, 0.5) is 0 Å². The predicted octanol–water partition coefficient (Wildman–Crippen LogP) is 2.10. The molecular formula is C16H19ClN2O2. The Kier molecular flexibility index (Phi) is 3.31. The molecule has 1 amide bonds. The highest BCUT2D eigenvalue weighted by Crippen LogP contribution is 2.33. The first-order valence-corrected chi connectivity index (χ1v) is 8.07. The lowest BCUT2D eigenvalue weighted by Crippen LogP contribution is -2.57. The van der Waals surface area contributed by atoms with E-state index >= 15 is 0 Å². The van der Waals surface area contributed by atoms with Gasteiger partial charge < -0.3 is 15.0 Å². The Morgan fingerprint density at radius 3 is 2.86 bits per heavy atom. The van der Waals surface area contributed by atoms with Gasteiger partial charge in [-0.1, -0.05) is 11.6 Å². The lowest BCUT2D eigenvalue weighted by atomic mass is 9.84. The highest BCUT2D eigenvalue weighted by atomic mass is 35.5. The Morgan fingerprint density at radius 2 is 2.14 bits per heavy atom. The Bertz CT molecular complexity index is 582. The van der Waals surface area contributed by atoms with Crippen LogP contribution in [0.3, 0.4) is 0 Å². The summed E-state index contributed by atoms with van der Waals surface area (Å²) in [5.74, 6) is 1.29. The molecule has 1 aromatic carbocycles. The summed E-state index contributed by atoms with van der Waals surface area (Å²) >= 11 is 6.13. The Balaban J connectivity index is 1.56. The minimum absolute atomic E-state index is 0.0469. The summed E-state index contributed by atoms with van der Waals surface area (Å²) in [6.45, 7) is 3.95. The quantitative estimate of drug-likeness (QED) is 0.910. The van der Waals surface area contributed by atoms with Crippen molar-refractivity contribution in [1.29, 1.82) is 0 Å². The van der Waals surface area contributed by atoms with Crippen LogP contribution in [0.5, 0.6) is 5.75 Å². The third-order valence-corrected chi connectivity index (χ3v) is 5.18. The van der Waals surface area contributed by atoms with Crippen LogP contribution in [-0.4, -0.2) is 43.1 Å². The molecule has 112 valence electrons. The molecule has 5 heteroatoms. The van der Waals surface area contributed by atoms with E-state index in [0.717, 1.165) is 24.3 Å². The molecule has 0 aromatic heterocycles. The number of halogens is 1. The summed E-state index contributed by atoms with van der Waals surface area (Å²) in [7, 11) is 0. The van der Waals surface area contributed by atoms with Crippen molar-refractivity contribution in [2.24, 2.45) is 5.92 Å². The van der Waals surface area contributed by atoms with Gasteiger partial charge in [-0.25, -0.2) is 0 Å². The molecule has 3 saturated heterocycles. The number of piperidine rings is 3. The summed E-state index contributed by atoms with van der Waals surface area (Å²) < 4.78 is 5.63. The molecule has 0 spiro atoms. The van der Waals surface area contributed by atoms with Crippen molar-refractivity contribution >= 4 is 17.5 Å². The highest BCUT2D eigenvalue weighted by molar-refractivity contribution is 6.31. The molecule has 1 aromatic rings. The van der Waals surface area contributed by atoms with E-state index in [9.17, 15) is 4.79 Å². The number of nitrogens with zero attached hydrogens (tertiary/aromatic N) is 1. The smallest absolute Gasteiger partial charge is 0.255 e. The second-order valence-corrected chi connectivity index (χ2v) is 6.69. The fourth-order valence-electron chi connectivity index (χ4n) is 3.81. The van der Waals surface area contributed by atoms with Gasteiger partial charge in [-0.05, 0) is 49.5 Å². The summed E-state index contributed by atoms with van der Waals surface area (Å²) in [4.78, 5) is 15.1. The molecule has 0 unspecified atom stereocenters. The fraction of sp³-hybridized carbons (Fsp3) is 0.562. The Hall–Kier alpha value is -1.26. The minimum atomic E-state index is -0.0469. The zero-order valence-electron chi connectivity index (χ0n) is 11.9. The zero-order chi connectivity index (χ0) is 14.4. The average Bonchev–Trinajstić information content (AvgIpc) is 2.95. The van der Waals surface area contributed by atoms with E-state index in [-0.39, 0.29) is 11.9 Å². The van der Waals surface area contributed by atoms with Gasteiger partial charge in [0.2, 0.25) is 0 Å². The molecule has 1 N–H and O–H groups in total. The molecule has 0 saturated carbocycles. The van der Waals surface area contributed by atoms with Gasteiger partial charge in [0.1, 0.15) is 5.75 Å². The van der Waals surface area contributed by atoms with Crippen molar-refractivity contribution in [3.05, 3.63) is 28.3 Å². The van der Waals surface area contributed by atoms with Crippen LogP contribution in [0.1, 0.15) is 28.8 Å². The number of ether oxygens (including phenoxy) is 1. The van der Waals surface area contributed by atoms with Crippen LogP contribution >= 0.6 is 11.6 Å². The number of rotatable bonds is 2. The first-order chi connectivity index (χ1) is 10.2.